The van der Waals surface area contributed by atoms with Crippen LogP contribution >= 0.6 is 11.6 Å². The lowest BCUT2D eigenvalue weighted by molar-refractivity contribution is 1.21. The highest BCUT2D eigenvalue weighted by Crippen LogP contribution is 2.31. The van der Waals surface area contributed by atoms with Crippen molar-refractivity contribution in [3.8, 4) is 12.1 Å². The van der Waals surface area contributed by atoms with Gasteiger partial charge in [0.1, 0.15) is 0 Å². The molecular formula is C15H10ClN3. The fraction of sp³-hybridized carbons (Fsp3) is 0.0667. The van der Waals surface area contributed by atoms with Gasteiger partial charge >= 0.3 is 0 Å². The van der Waals surface area contributed by atoms with Crippen LogP contribution in [-0.4, -0.2) is 7.05 Å². The zero-order valence-corrected chi connectivity index (χ0v) is 11.0. The zero-order valence-electron chi connectivity index (χ0n) is 10.3. The lowest BCUT2D eigenvalue weighted by atomic mass is 10.1. The van der Waals surface area contributed by atoms with E-state index in [0.29, 0.717) is 16.1 Å². The molecule has 0 heterocycles. The summed E-state index contributed by atoms with van der Waals surface area (Å²) in [5.74, 6) is 0. The van der Waals surface area contributed by atoms with Gasteiger partial charge < -0.3 is 4.90 Å². The van der Waals surface area contributed by atoms with Crippen molar-refractivity contribution in [2.45, 2.75) is 0 Å². The number of nitriles is 2. The monoisotopic (exact) mass is 267 g/mol. The van der Waals surface area contributed by atoms with E-state index in [1.54, 1.807) is 30.3 Å². The summed E-state index contributed by atoms with van der Waals surface area (Å²) in [6.45, 7) is 0. The van der Waals surface area contributed by atoms with Crippen molar-refractivity contribution in [3.63, 3.8) is 0 Å². The Morgan fingerprint density at radius 1 is 0.947 bits per heavy atom. The van der Waals surface area contributed by atoms with Crippen molar-refractivity contribution in [1.82, 2.24) is 0 Å². The minimum Gasteiger partial charge on any atom is -0.343 e. The first-order chi connectivity index (χ1) is 9.15. The Balaban J connectivity index is 2.36. The summed E-state index contributed by atoms with van der Waals surface area (Å²) in [6.07, 6.45) is 0. The first kappa shape index (κ1) is 13.0. The quantitative estimate of drug-likeness (QED) is 0.830. The second kappa shape index (κ2) is 5.44. The summed E-state index contributed by atoms with van der Waals surface area (Å²) in [5, 5.41) is 18.1. The summed E-state index contributed by atoms with van der Waals surface area (Å²) >= 11 is 6.17. The van der Waals surface area contributed by atoms with Gasteiger partial charge in [0.2, 0.25) is 0 Å². The molecule has 0 saturated heterocycles. The summed E-state index contributed by atoms with van der Waals surface area (Å²) in [4.78, 5) is 1.91. The highest BCUT2D eigenvalue weighted by Gasteiger charge is 2.09. The molecule has 0 aliphatic carbocycles. The van der Waals surface area contributed by atoms with E-state index in [9.17, 15) is 0 Å². The molecule has 0 radical (unpaired) electrons. The SMILES string of the molecule is CN(c1ccc(C#N)cc1)c1ccc(C#N)cc1Cl. The van der Waals surface area contributed by atoms with Crippen molar-refractivity contribution < 1.29 is 0 Å². The Bertz CT molecular complexity index is 678. The molecule has 0 aliphatic heterocycles. The van der Waals surface area contributed by atoms with Crippen molar-refractivity contribution in [2.75, 3.05) is 11.9 Å². The van der Waals surface area contributed by atoms with Crippen LogP contribution in [0.4, 0.5) is 11.4 Å². The molecule has 2 aromatic rings. The highest BCUT2D eigenvalue weighted by atomic mass is 35.5. The van der Waals surface area contributed by atoms with Crippen LogP contribution in [0, 0.1) is 22.7 Å². The largest absolute Gasteiger partial charge is 0.343 e. The molecule has 0 saturated carbocycles. The standard InChI is InChI=1S/C15H10ClN3/c1-19(13-5-2-11(9-17)3-6-13)15-7-4-12(10-18)8-14(15)16/h2-8H,1H3. The normalized spacial score (nSPS) is 9.47. The Morgan fingerprint density at radius 3 is 2.05 bits per heavy atom. The van der Waals surface area contributed by atoms with Crippen LogP contribution in [0.2, 0.25) is 5.02 Å². The molecule has 2 rings (SSSR count). The second-order valence-electron chi connectivity index (χ2n) is 4.00. The van der Waals surface area contributed by atoms with Gasteiger partial charge in [-0.05, 0) is 42.5 Å². The summed E-state index contributed by atoms with van der Waals surface area (Å²) in [6, 6.07) is 16.5. The average Bonchev–Trinajstić information content (AvgIpc) is 2.46. The van der Waals surface area contributed by atoms with Gasteiger partial charge in [0, 0.05) is 12.7 Å². The van der Waals surface area contributed by atoms with Gasteiger partial charge in [0.15, 0.2) is 0 Å². The van der Waals surface area contributed by atoms with Crippen LogP contribution in [0.25, 0.3) is 0 Å². The molecule has 0 aromatic heterocycles. The Morgan fingerprint density at radius 2 is 1.53 bits per heavy atom. The minimum absolute atomic E-state index is 0.519. The number of rotatable bonds is 2. The predicted molar refractivity (Wildman–Crippen MR) is 75.4 cm³/mol. The fourth-order valence-electron chi connectivity index (χ4n) is 1.75. The van der Waals surface area contributed by atoms with E-state index in [1.807, 2.05) is 30.1 Å². The third-order valence-corrected chi connectivity index (χ3v) is 3.12. The van der Waals surface area contributed by atoms with Crippen LogP contribution in [0.5, 0.6) is 0 Å². The lowest BCUT2D eigenvalue weighted by Crippen LogP contribution is -2.09. The third kappa shape index (κ3) is 2.68. The minimum atomic E-state index is 0.519. The van der Waals surface area contributed by atoms with E-state index in [2.05, 4.69) is 6.07 Å². The molecule has 0 unspecified atom stereocenters. The number of benzene rings is 2. The Hall–Kier alpha value is -2.49. The highest BCUT2D eigenvalue weighted by molar-refractivity contribution is 6.33. The maximum Gasteiger partial charge on any atom is 0.0992 e. The van der Waals surface area contributed by atoms with Gasteiger partial charge in [-0.3, -0.25) is 0 Å². The van der Waals surface area contributed by atoms with E-state index in [4.69, 9.17) is 22.1 Å². The molecule has 0 amide bonds. The predicted octanol–water partition coefficient (Wildman–Crippen LogP) is 3.85. The maximum absolute atomic E-state index is 8.81. The number of anilines is 2. The van der Waals surface area contributed by atoms with Crippen molar-refractivity contribution in [3.05, 3.63) is 58.6 Å². The van der Waals surface area contributed by atoms with Crippen LogP contribution < -0.4 is 4.90 Å². The fourth-order valence-corrected chi connectivity index (χ4v) is 2.05. The summed E-state index contributed by atoms with van der Waals surface area (Å²) in [7, 11) is 1.88. The first-order valence-electron chi connectivity index (χ1n) is 5.59. The van der Waals surface area contributed by atoms with Gasteiger partial charge in [-0.15, -0.1) is 0 Å². The molecule has 3 nitrogen and oxygen atoms in total. The molecular weight excluding hydrogens is 258 g/mol. The lowest BCUT2D eigenvalue weighted by Gasteiger charge is -2.20. The molecule has 0 N–H and O–H groups in total. The van der Waals surface area contributed by atoms with Gasteiger partial charge in [-0.25, -0.2) is 0 Å². The van der Waals surface area contributed by atoms with Crippen LogP contribution in [0.15, 0.2) is 42.5 Å². The van der Waals surface area contributed by atoms with Gasteiger partial charge in [-0.1, -0.05) is 11.6 Å². The van der Waals surface area contributed by atoms with Gasteiger partial charge in [0.25, 0.3) is 0 Å². The third-order valence-electron chi connectivity index (χ3n) is 2.82. The first-order valence-corrected chi connectivity index (χ1v) is 5.97. The zero-order chi connectivity index (χ0) is 13.8. The van der Waals surface area contributed by atoms with E-state index >= 15 is 0 Å². The molecule has 0 fully saturated rings. The number of hydrogen-bond acceptors (Lipinski definition) is 3. The van der Waals surface area contributed by atoms with E-state index < -0.39 is 0 Å². The molecule has 4 heteroatoms. The Kier molecular flexibility index (Phi) is 3.71. The van der Waals surface area contributed by atoms with Gasteiger partial charge in [-0.2, -0.15) is 10.5 Å². The molecule has 0 atom stereocenters. The molecule has 19 heavy (non-hydrogen) atoms. The van der Waals surface area contributed by atoms with E-state index in [0.717, 1.165) is 11.4 Å². The summed E-state index contributed by atoms with van der Waals surface area (Å²) < 4.78 is 0. The van der Waals surface area contributed by atoms with E-state index in [-0.39, 0.29) is 0 Å². The molecule has 92 valence electrons. The van der Waals surface area contributed by atoms with Crippen LogP contribution in [0.1, 0.15) is 11.1 Å². The smallest absolute Gasteiger partial charge is 0.0992 e. The maximum atomic E-state index is 8.81. The van der Waals surface area contributed by atoms with Crippen LogP contribution in [0.3, 0.4) is 0 Å². The molecule has 2 aromatic carbocycles. The van der Waals surface area contributed by atoms with Crippen LogP contribution in [-0.2, 0) is 0 Å². The second-order valence-corrected chi connectivity index (χ2v) is 4.40. The molecule has 0 bridgehead atoms. The Labute approximate surface area is 116 Å². The van der Waals surface area contributed by atoms with Crippen molar-refractivity contribution in [2.24, 2.45) is 0 Å². The van der Waals surface area contributed by atoms with Gasteiger partial charge in [0.05, 0.1) is 34.0 Å². The summed E-state index contributed by atoms with van der Waals surface area (Å²) in [5.41, 5.74) is 2.88. The van der Waals surface area contributed by atoms with E-state index in [1.165, 1.54) is 0 Å². The number of halogens is 1. The number of hydrogen-bond donors (Lipinski definition) is 0. The molecule has 0 spiro atoms. The molecule has 0 aliphatic rings. The van der Waals surface area contributed by atoms with Crippen molar-refractivity contribution in [1.29, 1.82) is 10.5 Å². The van der Waals surface area contributed by atoms with Crippen molar-refractivity contribution >= 4 is 23.0 Å². The average molecular weight is 268 g/mol. The number of nitrogens with zero attached hydrogens (tertiary/aromatic N) is 3. The topological polar surface area (TPSA) is 50.8 Å².